The van der Waals surface area contributed by atoms with Crippen LogP contribution in [0.2, 0.25) is 0 Å². The number of nitrogens with zero attached hydrogens (tertiary/aromatic N) is 2. The SMILES string of the molecule is COCCCNS(=O)(=O)c1cnn(CCC(=O)O)c1. The largest absolute Gasteiger partial charge is 0.481 e. The molecule has 0 atom stereocenters. The highest BCUT2D eigenvalue weighted by Crippen LogP contribution is 2.07. The van der Waals surface area contributed by atoms with Crippen LogP contribution in [-0.4, -0.2) is 49.5 Å². The molecule has 2 N–H and O–H groups in total. The number of aromatic nitrogens is 2. The summed E-state index contributed by atoms with van der Waals surface area (Å²) in [4.78, 5) is 10.4. The van der Waals surface area contributed by atoms with E-state index >= 15 is 0 Å². The number of hydrogen-bond acceptors (Lipinski definition) is 5. The lowest BCUT2D eigenvalue weighted by Crippen LogP contribution is -2.25. The molecule has 0 amide bonds. The first kappa shape index (κ1) is 15.6. The third kappa shape index (κ3) is 5.37. The van der Waals surface area contributed by atoms with Crippen molar-refractivity contribution in [3.05, 3.63) is 12.4 Å². The fourth-order valence-corrected chi connectivity index (χ4v) is 2.35. The number of carboxylic acid groups (broad SMARTS) is 1. The van der Waals surface area contributed by atoms with Crippen molar-refractivity contribution in [1.29, 1.82) is 0 Å². The minimum Gasteiger partial charge on any atom is -0.481 e. The molecule has 1 aromatic heterocycles. The molecule has 0 radical (unpaired) electrons. The molecular formula is C10H17N3O5S. The van der Waals surface area contributed by atoms with Gasteiger partial charge in [0.15, 0.2) is 0 Å². The molecule has 1 aromatic rings. The van der Waals surface area contributed by atoms with Crippen molar-refractivity contribution in [3.63, 3.8) is 0 Å². The van der Waals surface area contributed by atoms with Gasteiger partial charge in [0.05, 0.1) is 19.2 Å². The van der Waals surface area contributed by atoms with Crippen LogP contribution in [0.25, 0.3) is 0 Å². The molecule has 108 valence electrons. The first-order valence-electron chi connectivity index (χ1n) is 5.68. The summed E-state index contributed by atoms with van der Waals surface area (Å²) >= 11 is 0. The van der Waals surface area contributed by atoms with Crippen molar-refractivity contribution in [3.8, 4) is 0 Å². The van der Waals surface area contributed by atoms with Crippen molar-refractivity contribution in [2.24, 2.45) is 0 Å². The number of ether oxygens (including phenoxy) is 1. The summed E-state index contributed by atoms with van der Waals surface area (Å²) in [6.45, 7) is 0.880. The molecule has 9 heteroatoms. The summed E-state index contributed by atoms with van der Waals surface area (Å²) in [5, 5.41) is 12.3. The molecule has 0 aliphatic heterocycles. The lowest BCUT2D eigenvalue weighted by atomic mass is 10.4. The van der Waals surface area contributed by atoms with Crippen LogP contribution in [-0.2, 0) is 26.1 Å². The lowest BCUT2D eigenvalue weighted by Gasteiger charge is -2.03. The standard InChI is InChI=1S/C10H17N3O5S/c1-18-6-2-4-12-19(16,17)9-7-11-13(8-9)5-3-10(14)15/h7-8,12H,2-6H2,1H3,(H,14,15). The number of sulfonamides is 1. The quantitative estimate of drug-likeness (QED) is 0.603. The van der Waals surface area contributed by atoms with Gasteiger partial charge in [0, 0.05) is 26.5 Å². The van der Waals surface area contributed by atoms with Gasteiger partial charge in [-0.3, -0.25) is 9.48 Å². The first-order chi connectivity index (χ1) is 8.95. The summed E-state index contributed by atoms with van der Waals surface area (Å²) < 4.78 is 32.2. The van der Waals surface area contributed by atoms with Crippen molar-refractivity contribution in [2.75, 3.05) is 20.3 Å². The molecule has 1 heterocycles. The number of carbonyl (C=O) groups is 1. The van der Waals surface area contributed by atoms with Gasteiger partial charge in [-0.05, 0) is 6.42 Å². The van der Waals surface area contributed by atoms with Gasteiger partial charge in [0.25, 0.3) is 0 Å². The summed E-state index contributed by atoms with van der Waals surface area (Å²) in [6, 6.07) is 0. The number of carboxylic acids is 1. The van der Waals surface area contributed by atoms with E-state index in [2.05, 4.69) is 9.82 Å². The number of aryl methyl sites for hydroxylation is 1. The minimum absolute atomic E-state index is 0.0234. The summed E-state index contributed by atoms with van der Waals surface area (Å²) in [6.07, 6.45) is 2.97. The number of hydrogen-bond donors (Lipinski definition) is 2. The van der Waals surface area contributed by atoms with Crippen molar-refractivity contribution < 1.29 is 23.1 Å². The highest BCUT2D eigenvalue weighted by molar-refractivity contribution is 7.89. The summed E-state index contributed by atoms with van der Waals surface area (Å²) in [5.41, 5.74) is 0. The van der Waals surface area contributed by atoms with Gasteiger partial charge >= 0.3 is 5.97 Å². The van der Waals surface area contributed by atoms with Crippen LogP contribution < -0.4 is 4.72 Å². The molecule has 0 spiro atoms. The van der Waals surface area contributed by atoms with Gasteiger partial charge in [-0.25, -0.2) is 13.1 Å². The third-order valence-corrected chi connectivity index (χ3v) is 3.71. The van der Waals surface area contributed by atoms with Crippen LogP contribution in [0, 0.1) is 0 Å². The topological polar surface area (TPSA) is 111 Å². The number of nitrogens with one attached hydrogen (secondary N) is 1. The van der Waals surface area contributed by atoms with Crippen molar-refractivity contribution in [2.45, 2.75) is 24.3 Å². The molecule has 0 aliphatic rings. The summed E-state index contributed by atoms with van der Waals surface area (Å²) in [7, 11) is -2.05. The zero-order valence-electron chi connectivity index (χ0n) is 10.6. The predicted octanol–water partition coefficient (Wildman–Crippen LogP) is -0.327. The van der Waals surface area contributed by atoms with E-state index < -0.39 is 16.0 Å². The van der Waals surface area contributed by atoms with Gasteiger partial charge < -0.3 is 9.84 Å². The van der Waals surface area contributed by atoms with Gasteiger partial charge in [-0.15, -0.1) is 0 Å². The number of rotatable bonds is 9. The van der Waals surface area contributed by atoms with Crippen molar-refractivity contribution in [1.82, 2.24) is 14.5 Å². The Bertz CT molecular complexity index is 511. The molecule has 0 fully saturated rings. The molecule has 8 nitrogen and oxygen atoms in total. The average Bonchev–Trinajstić information content (AvgIpc) is 2.82. The number of methoxy groups -OCH3 is 1. The lowest BCUT2D eigenvalue weighted by molar-refractivity contribution is -0.137. The van der Waals surface area contributed by atoms with Crippen LogP contribution in [0.1, 0.15) is 12.8 Å². The van der Waals surface area contributed by atoms with Crippen LogP contribution in [0.3, 0.4) is 0 Å². The Morgan fingerprint density at radius 3 is 2.95 bits per heavy atom. The maximum absolute atomic E-state index is 11.8. The molecule has 0 saturated heterocycles. The molecule has 0 unspecified atom stereocenters. The Balaban J connectivity index is 2.56. The Morgan fingerprint density at radius 1 is 1.58 bits per heavy atom. The fourth-order valence-electron chi connectivity index (χ4n) is 1.32. The summed E-state index contributed by atoms with van der Waals surface area (Å²) in [5.74, 6) is -0.961. The molecule has 19 heavy (non-hydrogen) atoms. The molecular weight excluding hydrogens is 274 g/mol. The monoisotopic (exact) mass is 291 g/mol. The Morgan fingerprint density at radius 2 is 2.32 bits per heavy atom. The van der Waals surface area contributed by atoms with Crippen LogP contribution >= 0.6 is 0 Å². The van der Waals surface area contributed by atoms with Crippen molar-refractivity contribution >= 4 is 16.0 Å². The normalized spacial score (nSPS) is 11.6. The molecule has 0 bridgehead atoms. The van der Waals surface area contributed by atoms with Gasteiger partial charge in [-0.2, -0.15) is 5.10 Å². The van der Waals surface area contributed by atoms with E-state index in [0.717, 1.165) is 0 Å². The second kappa shape index (κ2) is 7.22. The molecule has 0 aromatic carbocycles. The number of aliphatic carboxylic acids is 1. The zero-order chi connectivity index (χ0) is 14.3. The predicted molar refractivity (Wildman–Crippen MR) is 66.2 cm³/mol. The van der Waals surface area contributed by atoms with Gasteiger partial charge in [-0.1, -0.05) is 0 Å². The maximum atomic E-state index is 11.8. The smallest absolute Gasteiger partial charge is 0.305 e. The Labute approximate surface area is 111 Å². The minimum atomic E-state index is -3.59. The Hall–Kier alpha value is -1.45. The molecule has 0 saturated carbocycles. The van der Waals surface area contributed by atoms with Crippen LogP contribution in [0.4, 0.5) is 0 Å². The zero-order valence-corrected chi connectivity index (χ0v) is 11.4. The van der Waals surface area contributed by atoms with E-state index in [1.807, 2.05) is 0 Å². The van der Waals surface area contributed by atoms with Crippen LogP contribution in [0.15, 0.2) is 17.3 Å². The van der Waals surface area contributed by atoms with E-state index in [1.165, 1.54) is 17.1 Å². The second-order valence-corrected chi connectivity index (χ2v) is 5.59. The van der Waals surface area contributed by atoms with E-state index in [1.54, 1.807) is 7.11 Å². The van der Waals surface area contributed by atoms with E-state index in [9.17, 15) is 13.2 Å². The highest BCUT2D eigenvalue weighted by Gasteiger charge is 2.15. The van der Waals surface area contributed by atoms with E-state index in [0.29, 0.717) is 13.0 Å². The van der Waals surface area contributed by atoms with E-state index in [4.69, 9.17) is 9.84 Å². The Kier molecular flexibility index (Phi) is 5.93. The van der Waals surface area contributed by atoms with Crippen LogP contribution in [0.5, 0.6) is 0 Å². The third-order valence-electron chi connectivity index (χ3n) is 2.29. The maximum Gasteiger partial charge on any atom is 0.305 e. The van der Waals surface area contributed by atoms with E-state index in [-0.39, 0.29) is 24.4 Å². The first-order valence-corrected chi connectivity index (χ1v) is 7.17. The van der Waals surface area contributed by atoms with Gasteiger partial charge in [0.1, 0.15) is 4.90 Å². The van der Waals surface area contributed by atoms with Gasteiger partial charge in [0.2, 0.25) is 10.0 Å². The molecule has 1 rings (SSSR count). The second-order valence-electron chi connectivity index (χ2n) is 3.83. The highest BCUT2D eigenvalue weighted by atomic mass is 32.2. The fraction of sp³-hybridized carbons (Fsp3) is 0.600. The average molecular weight is 291 g/mol. The molecule has 0 aliphatic carbocycles.